The summed E-state index contributed by atoms with van der Waals surface area (Å²) < 4.78 is 20.1. The minimum atomic E-state index is -0.716. The minimum Gasteiger partial charge on any atom is -0.370 e. The van der Waals surface area contributed by atoms with Crippen LogP contribution in [0, 0.1) is 11.7 Å². The summed E-state index contributed by atoms with van der Waals surface area (Å²) in [5.41, 5.74) is -0.278. The van der Waals surface area contributed by atoms with Gasteiger partial charge in [0.15, 0.2) is 5.78 Å². The van der Waals surface area contributed by atoms with Crippen LogP contribution < -0.4 is 0 Å². The Labute approximate surface area is 127 Å². The van der Waals surface area contributed by atoms with Crippen molar-refractivity contribution in [1.82, 2.24) is 0 Å². The van der Waals surface area contributed by atoms with Crippen molar-refractivity contribution in [3.63, 3.8) is 0 Å². The maximum atomic E-state index is 13.8. The zero-order chi connectivity index (χ0) is 14.8. The van der Waals surface area contributed by atoms with E-state index in [1.54, 1.807) is 19.2 Å². The number of hydrogen-bond donors (Lipinski definition) is 0. The van der Waals surface area contributed by atoms with Gasteiger partial charge in [-0.25, -0.2) is 4.39 Å². The fraction of sp³-hybridized carbons (Fsp3) is 0.562. The molecule has 1 aliphatic rings. The van der Waals surface area contributed by atoms with Gasteiger partial charge in [0.1, 0.15) is 11.4 Å². The molecular formula is C16H20BrFO2. The molecule has 110 valence electrons. The normalized spacial score (nSPS) is 26.5. The summed E-state index contributed by atoms with van der Waals surface area (Å²) in [6.45, 7) is 2.19. The topological polar surface area (TPSA) is 26.3 Å². The Kier molecular flexibility index (Phi) is 4.97. The third kappa shape index (κ3) is 3.29. The molecule has 0 amide bonds. The van der Waals surface area contributed by atoms with Gasteiger partial charge in [0.2, 0.25) is 0 Å². The summed E-state index contributed by atoms with van der Waals surface area (Å²) in [5, 5.41) is 0. The van der Waals surface area contributed by atoms with E-state index in [9.17, 15) is 9.18 Å². The highest BCUT2D eigenvalue weighted by Crippen LogP contribution is 2.36. The highest BCUT2D eigenvalue weighted by Gasteiger charge is 2.40. The van der Waals surface area contributed by atoms with Gasteiger partial charge < -0.3 is 4.74 Å². The monoisotopic (exact) mass is 342 g/mol. The SMILES string of the molecule is COC1(C(=O)Cc2ccc(Br)cc2F)CCC(C)CC1. The molecule has 0 N–H and O–H groups in total. The van der Waals surface area contributed by atoms with Crippen LogP contribution in [0.1, 0.15) is 38.2 Å². The average molecular weight is 343 g/mol. The van der Waals surface area contributed by atoms with Gasteiger partial charge in [0.25, 0.3) is 0 Å². The van der Waals surface area contributed by atoms with Gasteiger partial charge in [-0.15, -0.1) is 0 Å². The standard InChI is InChI=1S/C16H20BrFO2/c1-11-5-7-16(20-2,8-6-11)15(19)9-12-3-4-13(17)10-14(12)18/h3-4,10-11H,5-9H2,1-2H3. The van der Waals surface area contributed by atoms with Crippen LogP contribution in [0.25, 0.3) is 0 Å². The van der Waals surface area contributed by atoms with Gasteiger partial charge >= 0.3 is 0 Å². The number of ether oxygens (including phenoxy) is 1. The van der Waals surface area contributed by atoms with E-state index < -0.39 is 5.60 Å². The number of hydrogen-bond acceptors (Lipinski definition) is 2. The summed E-state index contributed by atoms with van der Waals surface area (Å²) in [5.74, 6) is 0.284. The lowest BCUT2D eigenvalue weighted by atomic mass is 9.76. The largest absolute Gasteiger partial charge is 0.370 e. The number of carbonyl (C=O) groups excluding carboxylic acids is 1. The second kappa shape index (κ2) is 6.35. The quantitative estimate of drug-likeness (QED) is 0.815. The molecule has 2 rings (SSSR count). The minimum absolute atomic E-state index is 0.00637. The Morgan fingerprint density at radius 1 is 1.45 bits per heavy atom. The number of halogens is 2. The molecule has 0 atom stereocenters. The fourth-order valence-electron chi connectivity index (χ4n) is 2.82. The predicted molar refractivity (Wildman–Crippen MR) is 80.2 cm³/mol. The zero-order valence-corrected chi connectivity index (χ0v) is 13.5. The Balaban J connectivity index is 2.13. The Morgan fingerprint density at radius 3 is 2.65 bits per heavy atom. The van der Waals surface area contributed by atoms with Crippen molar-refractivity contribution < 1.29 is 13.9 Å². The molecule has 0 bridgehead atoms. The molecule has 1 saturated carbocycles. The van der Waals surface area contributed by atoms with Gasteiger partial charge in [0.05, 0.1) is 0 Å². The predicted octanol–water partition coefficient (Wildman–Crippen LogP) is 4.30. The molecule has 1 aliphatic carbocycles. The molecule has 1 aromatic rings. The van der Waals surface area contributed by atoms with Crippen molar-refractivity contribution in [2.75, 3.05) is 7.11 Å². The van der Waals surface area contributed by atoms with Crippen LogP contribution >= 0.6 is 15.9 Å². The van der Waals surface area contributed by atoms with Crippen LogP contribution in [0.4, 0.5) is 4.39 Å². The number of ketones is 1. The Bertz CT molecular complexity index is 493. The van der Waals surface area contributed by atoms with Crippen LogP contribution in [0.3, 0.4) is 0 Å². The first-order valence-corrected chi connectivity index (χ1v) is 7.78. The van der Waals surface area contributed by atoms with E-state index >= 15 is 0 Å². The lowest BCUT2D eigenvalue weighted by Crippen LogP contribution is -2.44. The molecule has 0 spiro atoms. The summed E-state index contributed by atoms with van der Waals surface area (Å²) in [6.07, 6.45) is 3.55. The number of methoxy groups -OCH3 is 1. The van der Waals surface area contributed by atoms with Crippen LogP contribution in [-0.2, 0) is 16.0 Å². The third-order valence-electron chi connectivity index (χ3n) is 4.35. The van der Waals surface area contributed by atoms with Gasteiger partial charge in [0, 0.05) is 18.0 Å². The first-order valence-electron chi connectivity index (χ1n) is 6.99. The Hall–Kier alpha value is -0.740. The van der Waals surface area contributed by atoms with E-state index in [4.69, 9.17) is 4.74 Å². The van der Waals surface area contributed by atoms with Crippen LogP contribution in [0.2, 0.25) is 0 Å². The fourth-order valence-corrected chi connectivity index (χ4v) is 3.16. The molecule has 0 aliphatic heterocycles. The first kappa shape index (κ1) is 15.6. The molecule has 1 fully saturated rings. The molecule has 0 radical (unpaired) electrons. The van der Waals surface area contributed by atoms with Crippen LogP contribution in [0.5, 0.6) is 0 Å². The molecule has 1 aromatic carbocycles. The number of benzene rings is 1. The van der Waals surface area contributed by atoms with Crippen molar-refractivity contribution in [2.45, 2.75) is 44.6 Å². The van der Waals surface area contributed by atoms with Crippen molar-refractivity contribution >= 4 is 21.7 Å². The summed E-state index contributed by atoms with van der Waals surface area (Å²) in [7, 11) is 1.59. The summed E-state index contributed by atoms with van der Waals surface area (Å²) in [6, 6.07) is 4.81. The maximum Gasteiger partial charge on any atom is 0.169 e. The van der Waals surface area contributed by atoms with Gasteiger partial charge in [-0.05, 0) is 49.3 Å². The highest BCUT2D eigenvalue weighted by atomic mass is 79.9. The molecular weight excluding hydrogens is 323 g/mol. The molecule has 0 heterocycles. The smallest absolute Gasteiger partial charge is 0.169 e. The molecule has 0 saturated heterocycles. The van der Waals surface area contributed by atoms with Crippen molar-refractivity contribution in [3.8, 4) is 0 Å². The first-order chi connectivity index (χ1) is 9.47. The lowest BCUT2D eigenvalue weighted by Gasteiger charge is -2.37. The van der Waals surface area contributed by atoms with Crippen LogP contribution in [0.15, 0.2) is 22.7 Å². The van der Waals surface area contributed by atoms with Gasteiger partial charge in [-0.2, -0.15) is 0 Å². The Morgan fingerprint density at radius 2 is 2.10 bits per heavy atom. The zero-order valence-electron chi connectivity index (χ0n) is 11.9. The van der Waals surface area contributed by atoms with E-state index in [1.807, 2.05) is 0 Å². The maximum absolute atomic E-state index is 13.8. The van der Waals surface area contributed by atoms with Gasteiger partial charge in [-0.3, -0.25) is 4.79 Å². The second-order valence-electron chi connectivity index (χ2n) is 5.72. The molecule has 20 heavy (non-hydrogen) atoms. The van der Waals surface area contributed by atoms with E-state index in [1.165, 1.54) is 6.07 Å². The van der Waals surface area contributed by atoms with Crippen LogP contribution in [-0.4, -0.2) is 18.5 Å². The molecule has 0 unspecified atom stereocenters. The van der Waals surface area contributed by atoms with E-state index in [2.05, 4.69) is 22.9 Å². The van der Waals surface area contributed by atoms with E-state index in [-0.39, 0.29) is 18.0 Å². The highest BCUT2D eigenvalue weighted by molar-refractivity contribution is 9.10. The third-order valence-corrected chi connectivity index (χ3v) is 4.84. The average Bonchev–Trinajstić information content (AvgIpc) is 2.43. The van der Waals surface area contributed by atoms with Crippen molar-refractivity contribution in [3.05, 3.63) is 34.1 Å². The van der Waals surface area contributed by atoms with Gasteiger partial charge in [-0.1, -0.05) is 28.9 Å². The number of rotatable bonds is 4. The lowest BCUT2D eigenvalue weighted by molar-refractivity contribution is -0.145. The van der Waals surface area contributed by atoms with E-state index in [0.717, 1.165) is 25.7 Å². The molecule has 0 aromatic heterocycles. The number of carbonyl (C=O) groups is 1. The summed E-state index contributed by atoms with van der Waals surface area (Å²) in [4.78, 5) is 12.6. The van der Waals surface area contributed by atoms with E-state index in [0.29, 0.717) is 16.0 Å². The summed E-state index contributed by atoms with van der Waals surface area (Å²) >= 11 is 3.22. The van der Waals surface area contributed by atoms with Crippen molar-refractivity contribution in [1.29, 1.82) is 0 Å². The second-order valence-corrected chi connectivity index (χ2v) is 6.63. The molecule has 4 heteroatoms. The number of Topliss-reactive ketones (excluding diaryl/α,β-unsaturated/α-hetero) is 1. The van der Waals surface area contributed by atoms with Crippen molar-refractivity contribution in [2.24, 2.45) is 5.92 Å². The molecule has 2 nitrogen and oxygen atoms in total.